The number of hydrogen-bond acceptors (Lipinski definition) is 3. The quantitative estimate of drug-likeness (QED) is 0.745. The van der Waals surface area contributed by atoms with E-state index < -0.39 is 0 Å². The summed E-state index contributed by atoms with van der Waals surface area (Å²) < 4.78 is 0. The second kappa shape index (κ2) is 3.59. The number of nitrogens with two attached hydrogens (primary N) is 1. The van der Waals surface area contributed by atoms with Crippen LogP contribution < -0.4 is 5.73 Å². The lowest BCUT2D eigenvalue weighted by Gasteiger charge is -2.00. The fraction of sp³-hybridized carbons (Fsp3) is 0.200. The van der Waals surface area contributed by atoms with Crippen LogP contribution in [0.2, 0.25) is 0 Å². The maximum absolute atomic E-state index is 5.60. The van der Waals surface area contributed by atoms with Gasteiger partial charge >= 0.3 is 0 Å². The standard InChI is InChI=1S/C10H12N4/c1-7-10(9(5-11)14-13-7)8-3-2-4-12-6-8/h2-4,6H,5,11H2,1H3,(H,13,14). The van der Waals surface area contributed by atoms with Crippen molar-refractivity contribution in [3.8, 4) is 11.1 Å². The minimum absolute atomic E-state index is 0.439. The van der Waals surface area contributed by atoms with Crippen LogP contribution in [0.3, 0.4) is 0 Å². The van der Waals surface area contributed by atoms with Crippen molar-refractivity contribution in [1.82, 2.24) is 15.2 Å². The molecule has 0 atom stereocenters. The molecule has 0 unspecified atom stereocenters. The lowest BCUT2D eigenvalue weighted by Crippen LogP contribution is -1.98. The number of aromatic amines is 1. The van der Waals surface area contributed by atoms with Crippen LogP contribution >= 0.6 is 0 Å². The van der Waals surface area contributed by atoms with E-state index in [2.05, 4.69) is 15.2 Å². The fourth-order valence-corrected chi connectivity index (χ4v) is 1.52. The van der Waals surface area contributed by atoms with E-state index in [-0.39, 0.29) is 0 Å². The highest BCUT2D eigenvalue weighted by Gasteiger charge is 2.10. The van der Waals surface area contributed by atoms with Gasteiger partial charge in [-0.1, -0.05) is 6.07 Å². The van der Waals surface area contributed by atoms with Crippen LogP contribution in [0.4, 0.5) is 0 Å². The number of nitrogens with one attached hydrogen (secondary N) is 1. The van der Waals surface area contributed by atoms with Crippen LogP contribution in [-0.2, 0) is 6.54 Å². The average molecular weight is 188 g/mol. The molecule has 0 spiro atoms. The third kappa shape index (κ3) is 1.40. The first-order valence-corrected chi connectivity index (χ1v) is 4.47. The zero-order chi connectivity index (χ0) is 9.97. The largest absolute Gasteiger partial charge is 0.325 e. The number of H-pyrrole nitrogens is 1. The number of rotatable bonds is 2. The van der Waals surface area contributed by atoms with Gasteiger partial charge in [-0.3, -0.25) is 10.1 Å². The Hall–Kier alpha value is -1.68. The van der Waals surface area contributed by atoms with Gasteiger partial charge in [-0.15, -0.1) is 0 Å². The summed E-state index contributed by atoms with van der Waals surface area (Å²) in [4.78, 5) is 4.07. The van der Waals surface area contributed by atoms with E-state index in [4.69, 9.17) is 5.73 Å². The van der Waals surface area contributed by atoms with E-state index >= 15 is 0 Å². The predicted octanol–water partition coefficient (Wildman–Crippen LogP) is 1.24. The lowest BCUT2D eigenvalue weighted by molar-refractivity contribution is 0.940. The van der Waals surface area contributed by atoms with E-state index in [1.165, 1.54) is 0 Å². The average Bonchev–Trinajstić information content (AvgIpc) is 2.61. The van der Waals surface area contributed by atoms with E-state index in [0.29, 0.717) is 6.54 Å². The number of hydrogen-bond donors (Lipinski definition) is 2. The second-order valence-corrected chi connectivity index (χ2v) is 3.12. The Balaban J connectivity index is 2.55. The molecule has 0 aliphatic heterocycles. The molecule has 0 fully saturated rings. The predicted molar refractivity (Wildman–Crippen MR) is 54.4 cm³/mol. The number of pyridine rings is 1. The topological polar surface area (TPSA) is 67.6 Å². The second-order valence-electron chi connectivity index (χ2n) is 3.12. The maximum Gasteiger partial charge on any atom is 0.0839 e. The van der Waals surface area contributed by atoms with Gasteiger partial charge < -0.3 is 5.73 Å². The number of aromatic nitrogens is 3. The van der Waals surface area contributed by atoms with Crippen molar-refractivity contribution in [3.05, 3.63) is 35.9 Å². The van der Waals surface area contributed by atoms with Crippen molar-refractivity contribution in [1.29, 1.82) is 0 Å². The molecule has 2 rings (SSSR count). The molecule has 72 valence electrons. The SMILES string of the molecule is Cc1[nH]nc(CN)c1-c1cccnc1. The zero-order valence-corrected chi connectivity index (χ0v) is 7.99. The van der Waals surface area contributed by atoms with Crippen LogP contribution in [0, 0.1) is 6.92 Å². The summed E-state index contributed by atoms with van der Waals surface area (Å²) in [6.07, 6.45) is 3.57. The molecular weight excluding hydrogens is 176 g/mol. The van der Waals surface area contributed by atoms with Crippen molar-refractivity contribution < 1.29 is 0 Å². The molecule has 14 heavy (non-hydrogen) atoms. The summed E-state index contributed by atoms with van der Waals surface area (Å²) >= 11 is 0. The van der Waals surface area contributed by atoms with Crippen LogP contribution in [0.15, 0.2) is 24.5 Å². The molecule has 4 heteroatoms. The minimum atomic E-state index is 0.439. The molecule has 0 radical (unpaired) electrons. The maximum atomic E-state index is 5.60. The first-order valence-electron chi connectivity index (χ1n) is 4.47. The Morgan fingerprint density at radius 3 is 3.00 bits per heavy atom. The van der Waals surface area contributed by atoms with Crippen molar-refractivity contribution in [2.24, 2.45) is 5.73 Å². The van der Waals surface area contributed by atoms with Crippen molar-refractivity contribution in [2.75, 3.05) is 0 Å². The molecule has 2 heterocycles. The number of nitrogens with zero attached hydrogens (tertiary/aromatic N) is 2. The Morgan fingerprint density at radius 2 is 2.36 bits per heavy atom. The first-order chi connectivity index (χ1) is 6.83. The summed E-state index contributed by atoms with van der Waals surface area (Å²) in [6.45, 7) is 2.42. The summed E-state index contributed by atoms with van der Waals surface area (Å²) in [5, 5.41) is 7.06. The highest BCUT2D eigenvalue weighted by Crippen LogP contribution is 2.24. The molecule has 4 nitrogen and oxygen atoms in total. The smallest absolute Gasteiger partial charge is 0.0839 e. The third-order valence-electron chi connectivity index (χ3n) is 2.17. The Morgan fingerprint density at radius 1 is 1.50 bits per heavy atom. The molecule has 2 aromatic heterocycles. The molecule has 0 bridgehead atoms. The van der Waals surface area contributed by atoms with E-state index in [1.54, 1.807) is 6.20 Å². The van der Waals surface area contributed by atoms with Crippen LogP contribution in [-0.4, -0.2) is 15.2 Å². The van der Waals surface area contributed by atoms with Crippen LogP contribution in [0.5, 0.6) is 0 Å². The highest BCUT2D eigenvalue weighted by molar-refractivity contribution is 5.67. The van der Waals surface area contributed by atoms with Crippen LogP contribution in [0.25, 0.3) is 11.1 Å². The Labute approximate surface area is 82.2 Å². The van der Waals surface area contributed by atoms with Crippen molar-refractivity contribution in [2.45, 2.75) is 13.5 Å². The molecule has 0 amide bonds. The summed E-state index contributed by atoms with van der Waals surface area (Å²) in [5.74, 6) is 0. The molecular formula is C10H12N4. The first kappa shape index (κ1) is 8.90. The summed E-state index contributed by atoms with van der Waals surface area (Å²) in [7, 11) is 0. The molecule has 0 saturated heterocycles. The summed E-state index contributed by atoms with van der Waals surface area (Å²) in [5.41, 5.74) is 9.63. The van der Waals surface area contributed by atoms with Crippen molar-refractivity contribution in [3.63, 3.8) is 0 Å². The molecule has 0 aromatic carbocycles. The van der Waals surface area contributed by atoms with Gasteiger partial charge in [0.25, 0.3) is 0 Å². The normalized spacial score (nSPS) is 10.4. The molecule has 0 saturated carbocycles. The van der Waals surface area contributed by atoms with Gasteiger partial charge in [0.05, 0.1) is 5.69 Å². The van der Waals surface area contributed by atoms with E-state index in [0.717, 1.165) is 22.5 Å². The fourth-order valence-electron chi connectivity index (χ4n) is 1.52. The molecule has 2 aromatic rings. The zero-order valence-electron chi connectivity index (χ0n) is 7.99. The van der Waals surface area contributed by atoms with Gasteiger partial charge in [0.15, 0.2) is 0 Å². The van der Waals surface area contributed by atoms with Crippen LogP contribution in [0.1, 0.15) is 11.4 Å². The molecule has 3 N–H and O–H groups in total. The Kier molecular flexibility index (Phi) is 2.28. The molecule has 0 aliphatic rings. The van der Waals surface area contributed by atoms with Gasteiger partial charge in [-0.25, -0.2) is 0 Å². The van der Waals surface area contributed by atoms with Gasteiger partial charge in [0.2, 0.25) is 0 Å². The summed E-state index contributed by atoms with van der Waals surface area (Å²) in [6, 6.07) is 3.91. The third-order valence-corrected chi connectivity index (χ3v) is 2.17. The molecule has 0 aliphatic carbocycles. The van der Waals surface area contributed by atoms with E-state index in [9.17, 15) is 0 Å². The van der Waals surface area contributed by atoms with Crippen molar-refractivity contribution >= 4 is 0 Å². The van der Waals surface area contributed by atoms with Gasteiger partial charge in [-0.2, -0.15) is 5.10 Å². The lowest BCUT2D eigenvalue weighted by atomic mass is 10.1. The minimum Gasteiger partial charge on any atom is -0.325 e. The Bertz CT molecular complexity index is 419. The number of aryl methyl sites for hydroxylation is 1. The van der Waals surface area contributed by atoms with Gasteiger partial charge in [0, 0.05) is 35.8 Å². The van der Waals surface area contributed by atoms with Gasteiger partial charge in [0.1, 0.15) is 0 Å². The van der Waals surface area contributed by atoms with E-state index in [1.807, 2.05) is 25.3 Å². The monoisotopic (exact) mass is 188 g/mol. The van der Waals surface area contributed by atoms with Gasteiger partial charge in [-0.05, 0) is 13.0 Å². The highest BCUT2D eigenvalue weighted by atomic mass is 15.1.